The minimum atomic E-state index is -0.541. The van der Waals surface area contributed by atoms with Gasteiger partial charge in [-0.1, -0.05) is 17.2 Å². The number of hydrogen-bond acceptors (Lipinski definition) is 7. The molecular weight excluding hydrogens is 377 g/mol. The molecule has 5 rings (SSSR count). The molecule has 29 heavy (non-hydrogen) atoms. The maximum absolute atomic E-state index is 13.5. The molecule has 9 nitrogen and oxygen atoms in total. The van der Waals surface area contributed by atoms with Gasteiger partial charge in [0.05, 0.1) is 12.8 Å². The molecule has 0 radical (unpaired) electrons. The summed E-state index contributed by atoms with van der Waals surface area (Å²) in [6, 6.07) is 12.8. The second-order valence-electron chi connectivity index (χ2n) is 6.45. The van der Waals surface area contributed by atoms with E-state index in [1.807, 2.05) is 24.3 Å². The summed E-state index contributed by atoms with van der Waals surface area (Å²) in [5.41, 5.74) is 2.39. The number of tetrazole rings is 1. The second-order valence-corrected chi connectivity index (χ2v) is 6.45. The minimum absolute atomic E-state index is 0.287. The van der Waals surface area contributed by atoms with E-state index in [-0.39, 0.29) is 11.5 Å². The first-order valence-electron chi connectivity index (χ1n) is 8.73. The zero-order valence-electron chi connectivity index (χ0n) is 15.1. The van der Waals surface area contributed by atoms with Crippen molar-refractivity contribution >= 4 is 11.6 Å². The molecule has 0 amide bonds. The molecule has 10 heteroatoms. The molecule has 2 aromatic carbocycles. The first-order valence-corrected chi connectivity index (χ1v) is 8.73. The number of rotatable bonds is 3. The third-order valence-electron chi connectivity index (χ3n) is 4.80. The largest absolute Gasteiger partial charge is 0.497 e. The van der Waals surface area contributed by atoms with E-state index in [0.29, 0.717) is 28.5 Å². The van der Waals surface area contributed by atoms with Crippen LogP contribution in [0.1, 0.15) is 17.2 Å². The van der Waals surface area contributed by atoms with Crippen molar-refractivity contribution in [2.24, 2.45) is 0 Å². The van der Waals surface area contributed by atoms with Crippen LogP contribution in [0.5, 0.6) is 5.75 Å². The molecule has 1 aliphatic rings. The summed E-state index contributed by atoms with van der Waals surface area (Å²) in [5.74, 6) is 0.614. The van der Waals surface area contributed by atoms with E-state index in [1.165, 1.54) is 12.1 Å². The number of fused-ring (bicyclic) bond motifs is 2. The molecule has 0 bridgehead atoms. The first-order chi connectivity index (χ1) is 14.2. The molecule has 0 spiro atoms. The summed E-state index contributed by atoms with van der Waals surface area (Å²) in [4.78, 5) is 12.6. The van der Waals surface area contributed by atoms with Crippen molar-refractivity contribution in [2.45, 2.75) is 6.04 Å². The van der Waals surface area contributed by atoms with Crippen molar-refractivity contribution in [3.8, 4) is 17.0 Å². The fraction of sp³-hybridized carbons (Fsp3) is 0.105. The van der Waals surface area contributed by atoms with Crippen LogP contribution in [-0.2, 0) is 0 Å². The highest BCUT2D eigenvalue weighted by Gasteiger charge is 2.34. The molecule has 2 aromatic heterocycles. The van der Waals surface area contributed by atoms with Crippen molar-refractivity contribution < 1.29 is 9.13 Å². The van der Waals surface area contributed by atoms with Crippen LogP contribution in [0, 0.1) is 5.82 Å². The summed E-state index contributed by atoms with van der Waals surface area (Å²) in [5, 5.41) is 21.5. The van der Waals surface area contributed by atoms with Crippen molar-refractivity contribution in [2.75, 3.05) is 12.4 Å². The first kappa shape index (κ1) is 17.0. The second kappa shape index (κ2) is 6.51. The number of methoxy groups -OCH3 is 1. The van der Waals surface area contributed by atoms with E-state index in [0.717, 1.165) is 5.56 Å². The van der Waals surface area contributed by atoms with E-state index < -0.39 is 11.6 Å². The molecule has 1 atom stereocenters. The highest BCUT2D eigenvalue weighted by Crippen LogP contribution is 2.41. The standard InChI is InChI=1S/C19H14FN7O2/c1-29-13-4-2-3-11(9-13)17-14-15(10-5-7-12(20)8-6-10)22-23-18(28)16(14)21-19-24-25-26-27(17)19/h2-9,17H,1H3,(H,23,28)(H,21,24,26)/t17-/m1/s1. The van der Waals surface area contributed by atoms with E-state index in [9.17, 15) is 9.18 Å². The van der Waals surface area contributed by atoms with E-state index in [1.54, 1.807) is 23.9 Å². The number of aromatic nitrogens is 6. The predicted molar refractivity (Wildman–Crippen MR) is 102 cm³/mol. The van der Waals surface area contributed by atoms with Gasteiger partial charge in [-0.05, 0) is 52.4 Å². The molecule has 0 aliphatic carbocycles. The fourth-order valence-corrected chi connectivity index (χ4v) is 3.49. The van der Waals surface area contributed by atoms with Gasteiger partial charge in [-0.3, -0.25) is 4.79 Å². The Kier molecular flexibility index (Phi) is 3.83. The van der Waals surface area contributed by atoms with Crippen LogP contribution in [-0.4, -0.2) is 37.5 Å². The molecule has 1 aliphatic heterocycles. The Hall–Kier alpha value is -4.08. The number of ether oxygens (including phenoxy) is 1. The number of H-pyrrole nitrogens is 1. The Bertz CT molecular complexity index is 1270. The minimum Gasteiger partial charge on any atom is -0.497 e. The van der Waals surface area contributed by atoms with Gasteiger partial charge in [-0.15, -0.1) is 0 Å². The van der Waals surface area contributed by atoms with Crippen LogP contribution in [0.15, 0.2) is 53.3 Å². The predicted octanol–water partition coefficient (Wildman–Crippen LogP) is 2.27. The molecule has 2 N–H and O–H groups in total. The Balaban J connectivity index is 1.81. The molecule has 0 saturated heterocycles. The maximum atomic E-state index is 13.5. The van der Waals surface area contributed by atoms with Crippen molar-refractivity contribution in [1.29, 1.82) is 0 Å². The van der Waals surface area contributed by atoms with Crippen LogP contribution >= 0.6 is 0 Å². The lowest BCUT2D eigenvalue weighted by Crippen LogP contribution is -2.29. The van der Waals surface area contributed by atoms with E-state index in [4.69, 9.17) is 4.74 Å². The van der Waals surface area contributed by atoms with Gasteiger partial charge in [0.15, 0.2) is 0 Å². The number of aromatic amines is 1. The van der Waals surface area contributed by atoms with Gasteiger partial charge in [0.1, 0.15) is 23.3 Å². The fourth-order valence-electron chi connectivity index (χ4n) is 3.49. The summed E-state index contributed by atoms with van der Waals surface area (Å²) in [6.07, 6.45) is 0. The molecule has 0 unspecified atom stereocenters. The lowest BCUT2D eigenvalue weighted by Gasteiger charge is -2.28. The number of nitrogens with one attached hydrogen (secondary N) is 2. The number of hydrogen-bond donors (Lipinski definition) is 2. The van der Waals surface area contributed by atoms with Gasteiger partial charge in [0, 0.05) is 11.1 Å². The van der Waals surface area contributed by atoms with E-state index >= 15 is 0 Å². The van der Waals surface area contributed by atoms with Gasteiger partial charge >= 0.3 is 0 Å². The molecule has 4 aromatic rings. The zero-order chi connectivity index (χ0) is 20.0. The number of anilines is 2. The van der Waals surface area contributed by atoms with Crippen LogP contribution in [0.25, 0.3) is 11.3 Å². The summed E-state index contributed by atoms with van der Waals surface area (Å²) in [7, 11) is 1.58. The summed E-state index contributed by atoms with van der Waals surface area (Å²) in [6.45, 7) is 0. The van der Waals surface area contributed by atoms with E-state index in [2.05, 4.69) is 31.0 Å². The third-order valence-corrected chi connectivity index (χ3v) is 4.80. The maximum Gasteiger partial charge on any atom is 0.288 e. The van der Waals surface area contributed by atoms with Gasteiger partial charge in [0.25, 0.3) is 5.56 Å². The highest BCUT2D eigenvalue weighted by molar-refractivity contribution is 5.75. The van der Waals surface area contributed by atoms with Crippen molar-refractivity contribution in [3.05, 3.63) is 75.8 Å². The van der Waals surface area contributed by atoms with Gasteiger partial charge < -0.3 is 10.1 Å². The average Bonchev–Trinajstić information content (AvgIpc) is 3.22. The monoisotopic (exact) mass is 391 g/mol. The number of halogens is 1. The summed E-state index contributed by atoms with van der Waals surface area (Å²) >= 11 is 0. The zero-order valence-corrected chi connectivity index (χ0v) is 15.1. The van der Waals surface area contributed by atoms with Crippen molar-refractivity contribution in [3.63, 3.8) is 0 Å². The molecular formula is C19H14FN7O2. The SMILES string of the molecule is COc1cccc([C@@H]2c3c(-c4ccc(F)cc4)n[nH]c(=O)c3Nc3nnnn32)c1. The van der Waals surface area contributed by atoms with Crippen LogP contribution in [0.4, 0.5) is 16.0 Å². The molecule has 3 heterocycles. The Morgan fingerprint density at radius 3 is 2.79 bits per heavy atom. The summed E-state index contributed by atoms with van der Waals surface area (Å²) < 4.78 is 20.4. The molecule has 144 valence electrons. The molecule has 0 fully saturated rings. The number of nitrogens with zero attached hydrogens (tertiary/aromatic N) is 5. The Labute approximate surface area is 163 Å². The van der Waals surface area contributed by atoms with Gasteiger partial charge in [-0.25, -0.2) is 9.49 Å². The Morgan fingerprint density at radius 2 is 2.00 bits per heavy atom. The molecule has 0 saturated carbocycles. The van der Waals surface area contributed by atoms with Crippen molar-refractivity contribution in [1.82, 2.24) is 30.4 Å². The smallest absolute Gasteiger partial charge is 0.288 e. The highest BCUT2D eigenvalue weighted by atomic mass is 19.1. The van der Waals surface area contributed by atoms with Gasteiger partial charge in [-0.2, -0.15) is 9.78 Å². The van der Waals surface area contributed by atoms with Crippen LogP contribution < -0.4 is 15.6 Å². The topological polar surface area (TPSA) is 111 Å². The lowest BCUT2D eigenvalue weighted by molar-refractivity contribution is 0.413. The lowest BCUT2D eigenvalue weighted by atomic mass is 9.92. The quantitative estimate of drug-likeness (QED) is 0.485. The van der Waals surface area contributed by atoms with Crippen LogP contribution in [0.2, 0.25) is 0 Å². The normalized spacial score (nSPS) is 14.6. The average molecular weight is 391 g/mol. The van der Waals surface area contributed by atoms with Gasteiger partial charge in [0.2, 0.25) is 5.95 Å². The van der Waals surface area contributed by atoms with Crippen LogP contribution in [0.3, 0.4) is 0 Å². The number of benzene rings is 2. The third kappa shape index (κ3) is 2.73. The Morgan fingerprint density at radius 1 is 1.17 bits per heavy atom.